The fraction of sp³-hybridized carbons (Fsp3) is 0.950. The summed E-state index contributed by atoms with van der Waals surface area (Å²) in [4.78, 5) is 16.9. The van der Waals surface area contributed by atoms with Gasteiger partial charge in [0.15, 0.2) is 0 Å². The Morgan fingerprint density at radius 2 is 1.88 bits per heavy atom. The van der Waals surface area contributed by atoms with Crippen molar-refractivity contribution >= 4 is 6.09 Å². The van der Waals surface area contributed by atoms with Gasteiger partial charge in [0.05, 0.1) is 0 Å². The van der Waals surface area contributed by atoms with E-state index in [0.29, 0.717) is 24.0 Å². The van der Waals surface area contributed by atoms with Crippen LogP contribution in [0.25, 0.3) is 0 Å². The highest BCUT2D eigenvalue weighted by Crippen LogP contribution is 2.35. The molecule has 5 nitrogen and oxygen atoms in total. The second-order valence-electron chi connectivity index (χ2n) is 9.16. The first-order valence-corrected chi connectivity index (χ1v) is 10.1. The molecule has 0 radical (unpaired) electrons. The average molecular weight is 354 g/mol. The second-order valence-corrected chi connectivity index (χ2v) is 9.16. The number of ether oxygens (including phenoxy) is 1. The Hall–Kier alpha value is -0.810. The highest BCUT2D eigenvalue weighted by molar-refractivity contribution is 5.69. The number of likely N-dealkylation sites (tertiary alicyclic amines) is 1. The topological polar surface area (TPSA) is 44.8 Å². The zero-order valence-corrected chi connectivity index (χ0v) is 17.2. The molecule has 2 aliphatic rings. The van der Waals surface area contributed by atoms with Crippen molar-refractivity contribution in [2.45, 2.75) is 89.9 Å². The molecule has 4 atom stereocenters. The molecule has 5 heteroatoms. The van der Waals surface area contributed by atoms with Crippen LogP contribution in [0.3, 0.4) is 0 Å². The van der Waals surface area contributed by atoms with Crippen LogP contribution in [0, 0.1) is 5.92 Å². The molecule has 1 N–H and O–H groups in total. The van der Waals surface area contributed by atoms with E-state index in [1.807, 2.05) is 25.7 Å². The van der Waals surface area contributed by atoms with Gasteiger partial charge in [-0.05, 0) is 73.4 Å². The monoisotopic (exact) mass is 353 g/mol. The molecule has 4 unspecified atom stereocenters. The number of rotatable bonds is 5. The van der Waals surface area contributed by atoms with Crippen LogP contribution >= 0.6 is 0 Å². The third-order valence-electron chi connectivity index (χ3n) is 5.80. The van der Waals surface area contributed by atoms with Gasteiger partial charge >= 0.3 is 6.09 Å². The van der Waals surface area contributed by atoms with Crippen LogP contribution in [0.2, 0.25) is 0 Å². The molecule has 1 aliphatic heterocycles. The third kappa shape index (κ3) is 5.85. The summed E-state index contributed by atoms with van der Waals surface area (Å²) in [6.07, 6.45) is 7.11. The van der Waals surface area contributed by atoms with E-state index in [9.17, 15) is 4.79 Å². The van der Waals surface area contributed by atoms with Gasteiger partial charge in [0, 0.05) is 31.2 Å². The largest absolute Gasteiger partial charge is 0.444 e. The number of likely N-dealkylation sites (N-methyl/N-ethyl adjacent to an activating group) is 1. The van der Waals surface area contributed by atoms with Crippen molar-refractivity contribution in [1.82, 2.24) is 15.1 Å². The van der Waals surface area contributed by atoms with E-state index in [1.54, 1.807) is 0 Å². The van der Waals surface area contributed by atoms with Crippen LogP contribution in [0.5, 0.6) is 0 Å². The molecule has 0 aromatic heterocycles. The summed E-state index contributed by atoms with van der Waals surface area (Å²) < 4.78 is 5.67. The molecular weight excluding hydrogens is 314 g/mol. The van der Waals surface area contributed by atoms with Crippen molar-refractivity contribution in [2.24, 2.45) is 5.92 Å². The number of nitrogens with one attached hydrogen (secondary N) is 1. The Balaban J connectivity index is 2.01. The van der Waals surface area contributed by atoms with Gasteiger partial charge in [-0.1, -0.05) is 12.8 Å². The molecule has 25 heavy (non-hydrogen) atoms. The molecular formula is C20H39N3O2. The van der Waals surface area contributed by atoms with Crippen LogP contribution in [-0.4, -0.2) is 66.8 Å². The Bertz CT molecular complexity index is 433. The van der Waals surface area contributed by atoms with Gasteiger partial charge in [0.2, 0.25) is 0 Å². The van der Waals surface area contributed by atoms with Crippen molar-refractivity contribution in [3.8, 4) is 0 Å². The number of hydrogen-bond acceptors (Lipinski definition) is 4. The van der Waals surface area contributed by atoms with E-state index in [0.717, 1.165) is 25.9 Å². The first-order chi connectivity index (χ1) is 11.7. The molecule has 1 saturated heterocycles. The van der Waals surface area contributed by atoms with E-state index in [-0.39, 0.29) is 6.09 Å². The molecule has 0 aromatic rings. The summed E-state index contributed by atoms with van der Waals surface area (Å²) in [5.74, 6) is 0.554. The molecule has 0 bridgehead atoms. The van der Waals surface area contributed by atoms with Crippen LogP contribution < -0.4 is 5.32 Å². The van der Waals surface area contributed by atoms with Gasteiger partial charge in [0.1, 0.15) is 5.60 Å². The van der Waals surface area contributed by atoms with Gasteiger partial charge < -0.3 is 19.9 Å². The van der Waals surface area contributed by atoms with Gasteiger partial charge in [-0.15, -0.1) is 0 Å². The minimum absolute atomic E-state index is 0.124. The van der Waals surface area contributed by atoms with E-state index < -0.39 is 5.60 Å². The van der Waals surface area contributed by atoms with Crippen molar-refractivity contribution < 1.29 is 9.53 Å². The zero-order chi connectivity index (χ0) is 18.6. The highest BCUT2D eigenvalue weighted by Gasteiger charge is 2.40. The summed E-state index contributed by atoms with van der Waals surface area (Å²) in [7, 11) is 4.26. The Morgan fingerprint density at radius 3 is 2.52 bits per heavy atom. The lowest BCUT2D eigenvalue weighted by Gasteiger charge is -2.40. The maximum atomic E-state index is 12.7. The zero-order valence-electron chi connectivity index (χ0n) is 17.2. The Kier molecular flexibility index (Phi) is 7.15. The average Bonchev–Trinajstić information content (AvgIpc) is 3.00. The molecule has 1 amide bonds. The number of carbonyl (C=O) groups is 1. The summed E-state index contributed by atoms with van der Waals surface area (Å²) >= 11 is 0. The molecule has 146 valence electrons. The van der Waals surface area contributed by atoms with Crippen molar-refractivity contribution in [3.05, 3.63) is 0 Å². The minimum Gasteiger partial charge on any atom is -0.444 e. The first kappa shape index (κ1) is 20.5. The van der Waals surface area contributed by atoms with E-state index in [1.165, 1.54) is 25.7 Å². The third-order valence-corrected chi connectivity index (χ3v) is 5.80. The predicted octanol–water partition coefficient (Wildman–Crippen LogP) is 3.48. The lowest BCUT2D eigenvalue weighted by molar-refractivity contribution is 0.0131. The fourth-order valence-electron chi connectivity index (χ4n) is 4.16. The molecule has 0 spiro atoms. The molecule has 2 rings (SSSR count). The molecule has 1 saturated carbocycles. The van der Waals surface area contributed by atoms with Gasteiger partial charge in [-0.25, -0.2) is 4.79 Å². The SMILES string of the molecule is CC(CNC1CCCCC1C1CCCN1C(=O)OC(C)(C)C)N(C)C. The van der Waals surface area contributed by atoms with Crippen LogP contribution in [0.4, 0.5) is 4.79 Å². The van der Waals surface area contributed by atoms with Crippen molar-refractivity contribution in [2.75, 3.05) is 27.2 Å². The van der Waals surface area contributed by atoms with Gasteiger partial charge in [-0.3, -0.25) is 0 Å². The Labute approximate surface area is 154 Å². The molecule has 0 aromatic carbocycles. The maximum Gasteiger partial charge on any atom is 0.410 e. The van der Waals surface area contributed by atoms with Crippen LogP contribution in [-0.2, 0) is 4.74 Å². The fourth-order valence-corrected chi connectivity index (χ4v) is 4.16. The lowest BCUT2D eigenvalue weighted by Crippen LogP contribution is -2.52. The summed E-state index contributed by atoms with van der Waals surface area (Å²) in [6, 6.07) is 1.37. The Morgan fingerprint density at radius 1 is 1.20 bits per heavy atom. The van der Waals surface area contributed by atoms with E-state index in [2.05, 4.69) is 31.2 Å². The van der Waals surface area contributed by atoms with Crippen molar-refractivity contribution in [3.63, 3.8) is 0 Å². The number of nitrogens with zero attached hydrogens (tertiary/aromatic N) is 2. The smallest absolute Gasteiger partial charge is 0.410 e. The number of hydrogen-bond donors (Lipinski definition) is 1. The standard InChI is InChI=1S/C20H39N3O2/c1-15(22(5)6)14-21-17-11-8-7-10-16(17)18-12-9-13-23(18)19(24)25-20(2,3)4/h15-18,21H,7-14H2,1-6H3. The van der Waals surface area contributed by atoms with E-state index in [4.69, 9.17) is 4.74 Å². The van der Waals surface area contributed by atoms with E-state index >= 15 is 0 Å². The lowest BCUT2D eigenvalue weighted by atomic mass is 9.78. The number of carbonyl (C=O) groups excluding carboxylic acids is 1. The second kappa shape index (κ2) is 8.72. The highest BCUT2D eigenvalue weighted by atomic mass is 16.6. The predicted molar refractivity (Wildman–Crippen MR) is 103 cm³/mol. The van der Waals surface area contributed by atoms with Crippen molar-refractivity contribution in [1.29, 1.82) is 0 Å². The van der Waals surface area contributed by atoms with Gasteiger partial charge in [0.25, 0.3) is 0 Å². The quantitative estimate of drug-likeness (QED) is 0.822. The number of amides is 1. The normalized spacial score (nSPS) is 29.1. The minimum atomic E-state index is -0.421. The van der Waals surface area contributed by atoms with Crippen LogP contribution in [0.15, 0.2) is 0 Å². The maximum absolute atomic E-state index is 12.7. The summed E-state index contributed by atoms with van der Waals surface area (Å²) in [5.41, 5.74) is -0.421. The summed E-state index contributed by atoms with van der Waals surface area (Å²) in [6.45, 7) is 9.95. The molecule has 1 heterocycles. The summed E-state index contributed by atoms with van der Waals surface area (Å²) in [5, 5.41) is 3.82. The first-order valence-electron chi connectivity index (χ1n) is 10.1. The molecule has 1 aliphatic carbocycles. The van der Waals surface area contributed by atoms with Crippen LogP contribution in [0.1, 0.15) is 66.2 Å². The van der Waals surface area contributed by atoms with Gasteiger partial charge in [-0.2, -0.15) is 0 Å². The molecule has 2 fully saturated rings.